The fraction of sp³-hybridized carbons (Fsp3) is 0.600. The molecule has 0 bridgehead atoms. The van der Waals surface area contributed by atoms with E-state index >= 15 is 0 Å². The Balaban J connectivity index is 2.15. The normalized spacial score (nSPS) is 16.0. The van der Waals surface area contributed by atoms with Crippen molar-refractivity contribution in [1.82, 2.24) is 0 Å². The summed E-state index contributed by atoms with van der Waals surface area (Å²) in [5.74, 6) is 1.65. The number of benzene rings is 1. The number of anilines is 1. The van der Waals surface area contributed by atoms with Crippen LogP contribution in [0.25, 0.3) is 0 Å². The summed E-state index contributed by atoms with van der Waals surface area (Å²) >= 11 is 0. The molecule has 0 amide bonds. The number of nitrogens with zero attached hydrogens (tertiary/aromatic N) is 1. The number of hydrogen-bond acceptors (Lipinski definition) is 4. The maximum Gasteiger partial charge on any atom is 0.333 e. The largest absolute Gasteiger partial charge is 0.484 e. The minimum Gasteiger partial charge on any atom is -0.484 e. The quantitative estimate of drug-likeness (QED) is 0.608. The summed E-state index contributed by atoms with van der Waals surface area (Å²) in [7, 11) is 0. The topological polar surface area (TPSA) is 64.4 Å². The van der Waals surface area contributed by atoms with Crippen LogP contribution >= 0.6 is 0 Å². The van der Waals surface area contributed by atoms with Crippen LogP contribution in [0.1, 0.15) is 33.6 Å². The van der Waals surface area contributed by atoms with Crippen molar-refractivity contribution in [2.24, 2.45) is 11.8 Å². The van der Waals surface area contributed by atoms with Gasteiger partial charge in [0.05, 0.1) is 11.0 Å². The van der Waals surface area contributed by atoms with Gasteiger partial charge in [0.25, 0.3) is 0 Å². The third-order valence-corrected chi connectivity index (χ3v) is 3.59. The number of rotatable bonds is 7. The number of ether oxygens (including phenoxy) is 1. The first-order valence-corrected chi connectivity index (χ1v) is 7.17. The average molecular weight is 278 g/mol. The predicted molar refractivity (Wildman–Crippen MR) is 79.2 cm³/mol. The summed E-state index contributed by atoms with van der Waals surface area (Å²) in [6.45, 7) is 6.67. The van der Waals surface area contributed by atoms with E-state index in [9.17, 15) is 10.1 Å². The van der Waals surface area contributed by atoms with Crippen LogP contribution in [0.5, 0.6) is 5.75 Å². The number of nitrogens with one attached hydrogen (secondary N) is 1. The Bertz CT molecular complexity index is 484. The van der Waals surface area contributed by atoms with Gasteiger partial charge in [-0.2, -0.15) is 0 Å². The first kappa shape index (κ1) is 14.6. The summed E-state index contributed by atoms with van der Waals surface area (Å²) in [5, 5.41) is 14.5. The highest BCUT2D eigenvalue weighted by molar-refractivity contribution is 5.68. The van der Waals surface area contributed by atoms with E-state index in [1.165, 1.54) is 12.8 Å². The van der Waals surface area contributed by atoms with E-state index in [4.69, 9.17) is 4.74 Å². The Hall–Kier alpha value is -1.78. The molecule has 5 nitrogen and oxygen atoms in total. The monoisotopic (exact) mass is 278 g/mol. The Morgan fingerprint density at radius 3 is 2.65 bits per heavy atom. The van der Waals surface area contributed by atoms with Crippen LogP contribution in [0.4, 0.5) is 11.4 Å². The van der Waals surface area contributed by atoms with E-state index in [-0.39, 0.29) is 16.7 Å². The van der Waals surface area contributed by atoms with Crippen molar-refractivity contribution in [3.63, 3.8) is 0 Å². The van der Waals surface area contributed by atoms with Gasteiger partial charge in [-0.15, -0.1) is 0 Å². The number of para-hydroxylation sites is 1. The molecule has 2 rings (SSSR count). The van der Waals surface area contributed by atoms with Crippen LogP contribution in [-0.4, -0.2) is 17.6 Å². The molecule has 1 aromatic carbocycles. The molecule has 1 aromatic rings. The summed E-state index contributed by atoms with van der Waals surface area (Å²) in [5.41, 5.74) is 0.574. The molecule has 1 atom stereocenters. The van der Waals surface area contributed by atoms with Gasteiger partial charge in [-0.3, -0.25) is 10.1 Å². The lowest BCUT2D eigenvalue weighted by Gasteiger charge is -2.15. The molecule has 0 spiro atoms. The van der Waals surface area contributed by atoms with Crippen molar-refractivity contribution in [1.29, 1.82) is 0 Å². The van der Waals surface area contributed by atoms with E-state index in [0.717, 1.165) is 12.5 Å². The molecule has 1 N–H and O–H groups in total. The molecule has 5 heteroatoms. The Kier molecular flexibility index (Phi) is 4.47. The number of nitro groups is 1. The molecule has 0 radical (unpaired) electrons. The average Bonchev–Trinajstić information content (AvgIpc) is 3.19. The van der Waals surface area contributed by atoms with Crippen LogP contribution in [0.3, 0.4) is 0 Å². The van der Waals surface area contributed by atoms with Gasteiger partial charge in [-0.25, -0.2) is 0 Å². The molecule has 1 unspecified atom stereocenters. The van der Waals surface area contributed by atoms with Crippen LogP contribution in [0, 0.1) is 22.0 Å². The zero-order chi connectivity index (χ0) is 14.7. The standard InChI is InChI=1S/C15H22N2O3/c1-10(2)20-14-6-4-5-13(15(14)17(18)19)16-9-11(3)12-7-8-12/h4-6,10-12,16H,7-9H2,1-3H3. The number of hydrogen-bond donors (Lipinski definition) is 1. The molecule has 0 aliphatic heterocycles. The molecular formula is C15H22N2O3. The second-order valence-corrected chi connectivity index (χ2v) is 5.77. The Labute approximate surface area is 119 Å². The molecule has 110 valence electrons. The second kappa shape index (κ2) is 6.11. The van der Waals surface area contributed by atoms with Crippen molar-refractivity contribution in [3.05, 3.63) is 28.3 Å². The molecular weight excluding hydrogens is 256 g/mol. The minimum absolute atomic E-state index is 0.0317. The van der Waals surface area contributed by atoms with Gasteiger partial charge in [0, 0.05) is 6.54 Å². The molecule has 0 saturated heterocycles. The highest BCUT2D eigenvalue weighted by atomic mass is 16.6. The Morgan fingerprint density at radius 1 is 1.40 bits per heavy atom. The SMILES string of the molecule is CC(C)Oc1cccc(NCC(C)C2CC2)c1[N+](=O)[O-]. The lowest BCUT2D eigenvalue weighted by atomic mass is 10.1. The van der Waals surface area contributed by atoms with Crippen molar-refractivity contribution >= 4 is 11.4 Å². The van der Waals surface area contributed by atoms with Crippen LogP contribution < -0.4 is 10.1 Å². The zero-order valence-electron chi connectivity index (χ0n) is 12.3. The minimum atomic E-state index is -0.373. The third kappa shape index (κ3) is 3.62. The van der Waals surface area contributed by atoms with E-state index in [1.54, 1.807) is 18.2 Å². The second-order valence-electron chi connectivity index (χ2n) is 5.77. The summed E-state index contributed by atoms with van der Waals surface area (Å²) in [6.07, 6.45) is 2.47. The molecule has 1 fully saturated rings. The Morgan fingerprint density at radius 2 is 2.10 bits per heavy atom. The summed E-state index contributed by atoms with van der Waals surface area (Å²) in [6, 6.07) is 5.17. The van der Waals surface area contributed by atoms with Crippen molar-refractivity contribution < 1.29 is 9.66 Å². The molecule has 20 heavy (non-hydrogen) atoms. The first-order valence-electron chi connectivity index (χ1n) is 7.17. The highest BCUT2D eigenvalue weighted by Gasteiger charge is 2.28. The van der Waals surface area contributed by atoms with E-state index in [2.05, 4.69) is 12.2 Å². The van der Waals surface area contributed by atoms with Crippen molar-refractivity contribution in [3.8, 4) is 5.75 Å². The zero-order valence-corrected chi connectivity index (χ0v) is 12.3. The molecule has 1 aliphatic rings. The molecule has 1 saturated carbocycles. The van der Waals surface area contributed by atoms with Gasteiger partial charge < -0.3 is 10.1 Å². The van der Waals surface area contributed by atoms with Gasteiger partial charge in [-0.1, -0.05) is 13.0 Å². The van der Waals surface area contributed by atoms with Crippen LogP contribution in [0.15, 0.2) is 18.2 Å². The predicted octanol–water partition coefficient (Wildman–Crippen LogP) is 3.84. The maximum atomic E-state index is 11.3. The molecule has 0 aromatic heterocycles. The van der Waals surface area contributed by atoms with Gasteiger partial charge in [-0.05, 0) is 50.7 Å². The third-order valence-electron chi connectivity index (χ3n) is 3.59. The lowest BCUT2D eigenvalue weighted by molar-refractivity contribution is -0.385. The van der Waals surface area contributed by atoms with Crippen molar-refractivity contribution in [2.75, 3.05) is 11.9 Å². The number of nitro benzene ring substituents is 1. The van der Waals surface area contributed by atoms with E-state index in [1.807, 2.05) is 13.8 Å². The van der Waals surface area contributed by atoms with Gasteiger partial charge in [0.1, 0.15) is 5.69 Å². The first-order chi connectivity index (χ1) is 9.49. The van der Waals surface area contributed by atoms with Crippen molar-refractivity contribution in [2.45, 2.75) is 39.7 Å². The fourth-order valence-electron chi connectivity index (χ4n) is 2.31. The van der Waals surface area contributed by atoms with E-state index < -0.39 is 0 Å². The van der Waals surface area contributed by atoms with Gasteiger partial charge in [0.2, 0.25) is 0 Å². The van der Waals surface area contributed by atoms with Gasteiger partial charge >= 0.3 is 5.69 Å². The van der Waals surface area contributed by atoms with Gasteiger partial charge in [0.15, 0.2) is 5.75 Å². The summed E-state index contributed by atoms with van der Waals surface area (Å²) < 4.78 is 5.53. The molecule has 0 heterocycles. The maximum absolute atomic E-state index is 11.3. The summed E-state index contributed by atoms with van der Waals surface area (Å²) in [4.78, 5) is 10.9. The molecule has 1 aliphatic carbocycles. The van der Waals surface area contributed by atoms with Crippen LogP contribution in [-0.2, 0) is 0 Å². The lowest BCUT2D eigenvalue weighted by Crippen LogP contribution is -2.14. The van der Waals surface area contributed by atoms with E-state index in [0.29, 0.717) is 17.4 Å². The van der Waals surface area contributed by atoms with Crippen LogP contribution in [0.2, 0.25) is 0 Å². The highest BCUT2D eigenvalue weighted by Crippen LogP contribution is 2.38. The fourth-order valence-corrected chi connectivity index (χ4v) is 2.31. The smallest absolute Gasteiger partial charge is 0.333 e.